The van der Waals surface area contributed by atoms with E-state index in [1.54, 1.807) is 6.07 Å². The normalized spacial score (nSPS) is 25.1. The van der Waals surface area contributed by atoms with Crippen molar-refractivity contribution in [1.82, 2.24) is 5.16 Å². The van der Waals surface area contributed by atoms with Crippen LogP contribution in [0.5, 0.6) is 0 Å². The van der Waals surface area contributed by atoms with Gasteiger partial charge in [0.15, 0.2) is 0 Å². The maximum Gasteiger partial charge on any atom is 0.374 e. The van der Waals surface area contributed by atoms with Crippen LogP contribution >= 0.6 is 0 Å². The number of carboxylic acid groups (broad SMARTS) is 1. The van der Waals surface area contributed by atoms with Gasteiger partial charge in [0.2, 0.25) is 5.76 Å². The molecule has 0 spiro atoms. The van der Waals surface area contributed by atoms with Crippen LogP contribution in [-0.2, 0) is 0 Å². The molecule has 0 amide bonds. The van der Waals surface area contributed by atoms with Crippen molar-refractivity contribution in [3.63, 3.8) is 0 Å². The van der Waals surface area contributed by atoms with Crippen molar-refractivity contribution in [3.05, 3.63) is 17.5 Å². The van der Waals surface area contributed by atoms with E-state index in [1.807, 2.05) is 0 Å². The lowest BCUT2D eigenvalue weighted by molar-refractivity contribution is 0.0651. The predicted molar refractivity (Wildman–Crippen MR) is 67.6 cm³/mol. The fourth-order valence-corrected chi connectivity index (χ4v) is 2.84. The number of carboxylic acids is 1. The van der Waals surface area contributed by atoms with Crippen molar-refractivity contribution in [2.24, 2.45) is 11.3 Å². The maximum atomic E-state index is 10.7. The summed E-state index contributed by atoms with van der Waals surface area (Å²) in [6, 6.07) is 1.57. The molecular weight excluding hydrogens is 230 g/mol. The highest BCUT2D eigenvalue weighted by molar-refractivity contribution is 5.84. The molecule has 0 radical (unpaired) electrons. The minimum Gasteiger partial charge on any atom is -0.475 e. The van der Waals surface area contributed by atoms with E-state index in [2.05, 4.69) is 25.9 Å². The number of aromatic carboxylic acids is 1. The van der Waals surface area contributed by atoms with Gasteiger partial charge in [-0.15, -0.1) is 0 Å². The Balaban J connectivity index is 1.99. The first kappa shape index (κ1) is 13.1. The zero-order chi connectivity index (χ0) is 13.3. The summed E-state index contributed by atoms with van der Waals surface area (Å²) in [6.45, 7) is 6.86. The maximum absolute atomic E-state index is 10.7. The molecule has 1 aliphatic rings. The van der Waals surface area contributed by atoms with Crippen molar-refractivity contribution in [3.8, 4) is 0 Å². The van der Waals surface area contributed by atoms with Gasteiger partial charge in [-0.2, -0.15) is 0 Å². The van der Waals surface area contributed by atoms with E-state index in [0.29, 0.717) is 11.3 Å². The zero-order valence-electron chi connectivity index (χ0n) is 11.3. The second kappa shape index (κ2) is 4.75. The number of hydrogen-bond donors (Lipinski definition) is 1. The lowest BCUT2D eigenvalue weighted by atomic mass is 9.69. The second-order valence-corrected chi connectivity index (χ2v) is 6.34. The monoisotopic (exact) mass is 251 g/mol. The van der Waals surface area contributed by atoms with E-state index in [1.165, 1.54) is 12.8 Å². The summed E-state index contributed by atoms with van der Waals surface area (Å²) in [4.78, 5) is 10.7. The molecule has 0 saturated heterocycles. The molecule has 0 bridgehead atoms. The topological polar surface area (TPSA) is 63.3 Å². The van der Waals surface area contributed by atoms with E-state index >= 15 is 0 Å². The van der Waals surface area contributed by atoms with Gasteiger partial charge in [0, 0.05) is 12.0 Å². The number of carbonyl (C=O) groups is 1. The molecule has 2 rings (SSSR count). The Kier molecular flexibility index (Phi) is 3.46. The molecule has 0 atom stereocenters. The number of hydrogen-bond acceptors (Lipinski definition) is 3. The van der Waals surface area contributed by atoms with Crippen LogP contribution in [0.15, 0.2) is 10.6 Å². The van der Waals surface area contributed by atoms with Crippen LogP contribution in [0, 0.1) is 11.3 Å². The summed E-state index contributed by atoms with van der Waals surface area (Å²) < 4.78 is 4.82. The average Bonchev–Trinajstić information content (AvgIpc) is 2.77. The molecule has 1 N–H and O–H groups in total. The average molecular weight is 251 g/mol. The zero-order valence-corrected chi connectivity index (χ0v) is 11.3. The molecule has 18 heavy (non-hydrogen) atoms. The lowest BCUT2D eigenvalue weighted by Crippen LogP contribution is -2.25. The van der Waals surface area contributed by atoms with Crippen LogP contribution < -0.4 is 0 Å². The van der Waals surface area contributed by atoms with Gasteiger partial charge in [-0.05, 0) is 37.0 Å². The summed E-state index contributed by atoms with van der Waals surface area (Å²) in [5.74, 6) is 0.0140. The first-order valence-corrected chi connectivity index (χ1v) is 6.58. The standard InChI is InChI=1S/C14H21NO3/c1-14(2,3)10-6-4-9(5-7-10)11-8-12(13(16)17)18-15-11/h8-10H,4-7H2,1-3H3,(H,16,17). The summed E-state index contributed by atoms with van der Waals surface area (Å²) >= 11 is 0. The molecule has 1 heterocycles. The highest BCUT2D eigenvalue weighted by Crippen LogP contribution is 2.42. The molecule has 0 unspecified atom stereocenters. The summed E-state index contributed by atoms with van der Waals surface area (Å²) in [5, 5.41) is 12.7. The van der Waals surface area contributed by atoms with Crippen molar-refractivity contribution in [1.29, 1.82) is 0 Å². The first-order valence-electron chi connectivity index (χ1n) is 6.58. The number of rotatable bonds is 2. The number of aromatic nitrogens is 1. The molecule has 0 aliphatic heterocycles. The Morgan fingerprint density at radius 1 is 1.33 bits per heavy atom. The molecule has 0 aromatic carbocycles. The number of nitrogens with zero attached hydrogens (tertiary/aromatic N) is 1. The second-order valence-electron chi connectivity index (χ2n) is 6.34. The van der Waals surface area contributed by atoms with Gasteiger partial charge >= 0.3 is 5.97 Å². The van der Waals surface area contributed by atoms with E-state index < -0.39 is 5.97 Å². The highest BCUT2D eigenvalue weighted by atomic mass is 16.5. The Morgan fingerprint density at radius 2 is 1.94 bits per heavy atom. The Labute approximate surface area is 107 Å². The van der Waals surface area contributed by atoms with Crippen LogP contribution in [0.2, 0.25) is 0 Å². The van der Waals surface area contributed by atoms with Gasteiger partial charge in [-0.3, -0.25) is 0 Å². The van der Waals surface area contributed by atoms with Gasteiger partial charge in [0.1, 0.15) is 0 Å². The van der Waals surface area contributed by atoms with E-state index in [-0.39, 0.29) is 5.76 Å². The molecule has 4 heteroatoms. The molecule has 1 aromatic heterocycles. The quantitative estimate of drug-likeness (QED) is 0.870. The summed E-state index contributed by atoms with van der Waals surface area (Å²) in [7, 11) is 0. The minimum atomic E-state index is -1.04. The van der Waals surface area contributed by atoms with Crippen molar-refractivity contribution in [2.45, 2.75) is 52.4 Å². The lowest BCUT2D eigenvalue weighted by Gasteiger charge is -2.36. The smallest absolute Gasteiger partial charge is 0.374 e. The molecule has 1 saturated carbocycles. The third kappa shape index (κ3) is 2.74. The molecule has 100 valence electrons. The van der Waals surface area contributed by atoms with Gasteiger partial charge in [-0.1, -0.05) is 25.9 Å². The highest BCUT2D eigenvalue weighted by Gasteiger charge is 2.31. The van der Waals surface area contributed by atoms with Crippen molar-refractivity contribution < 1.29 is 14.4 Å². The fourth-order valence-electron chi connectivity index (χ4n) is 2.84. The fraction of sp³-hybridized carbons (Fsp3) is 0.714. The van der Waals surface area contributed by atoms with Crippen LogP contribution in [-0.4, -0.2) is 16.2 Å². The Hall–Kier alpha value is -1.32. The van der Waals surface area contributed by atoms with Gasteiger partial charge in [-0.25, -0.2) is 4.79 Å². The van der Waals surface area contributed by atoms with E-state index in [4.69, 9.17) is 9.63 Å². The Bertz CT molecular complexity index is 422. The first-order chi connectivity index (χ1) is 8.38. The molecular formula is C14H21NO3. The minimum absolute atomic E-state index is 0.0528. The van der Waals surface area contributed by atoms with Crippen LogP contribution in [0.25, 0.3) is 0 Å². The SMILES string of the molecule is CC(C)(C)C1CCC(c2cc(C(=O)O)on2)CC1. The largest absolute Gasteiger partial charge is 0.475 e. The molecule has 1 fully saturated rings. The van der Waals surface area contributed by atoms with Crippen molar-refractivity contribution >= 4 is 5.97 Å². The predicted octanol–water partition coefficient (Wildman–Crippen LogP) is 3.69. The van der Waals surface area contributed by atoms with Crippen LogP contribution in [0.1, 0.15) is 68.6 Å². The van der Waals surface area contributed by atoms with Gasteiger partial charge in [0.05, 0.1) is 5.69 Å². The molecule has 4 nitrogen and oxygen atoms in total. The van der Waals surface area contributed by atoms with Gasteiger partial charge < -0.3 is 9.63 Å². The molecule has 1 aliphatic carbocycles. The Morgan fingerprint density at radius 3 is 2.39 bits per heavy atom. The van der Waals surface area contributed by atoms with Crippen LogP contribution in [0.4, 0.5) is 0 Å². The third-order valence-corrected chi connectivity index (χ3v) is 4.11. The van der Waals surface area contributed by atoms with Gasteiger partial charge in [0.25, 0.3) is 0 Å². The van der Waals surface area contributed by atoms with Crippen molar-refractivity contribution in [2.75, 3.05) is 0 Å². The third-order valence-electron chi connectivity index (χ3n) is 4.11. The van der Waals surface area contributed by atoms with E-state index in [9.17, 15) is 4.79 Å². The molecule has 1 aromatic rings. The summed E-state index contributed by atoms with van der Waals surface area (Å²) in [6.07, 6.45) is 4.52. The van der Waals surface area contributed by atoms with E-state index in [0.717, 1.165) is 24.5 Å². The van der Waals surface area contributed by atoms with Crippen LogP contribution in [0.3, 0.4) is 0 Å². The summed E-state index contributed by atoms with van der Waals surface area (Å²) in [5.41, 5.74) is 1.17.